The van der Waals surface area contributed by atoms with Crippen LogP contribution in [0.4, 0.5) is 5.69 Å². The number of benzene rings is 1. The maximum Gasteiger partial charge on any atom is 0.117 e. The topological polar surface area (TPSA) is 19.6 Å². The number of furan rings is 1. The summed E-state index contributed by atoms with van der Waals surface area (Å²) in [5.41, 5.74) is 4.18. The molecule has 20 heavy (non-hydrogen) atoms. The Kier molecular flexibility index (Phi) is 3.79. The van der Waals surface area contributed by atoms with Gasteiger partial charge in [0.2, 0.25) is 0 Å². The van der Waals surface area contributed by atoms with Crippen molar-refractivity contribution in [3.05, 3.63) is 53.5 Å². The predicted octanol–water partition coefficient (Wildman–Crippen LogP) is 3.22. The molecule has 2 heterocycles. The normalized spacial score (nSPS) is 16.6. The summed E-state index contributed by atoms with van der Waals surface area (Å²) < 4.78 is 5.43. The summed E-state index contributed by atoms with van der Waals surface area (Å²) in [5.74, 6) is 1.06. The Labute approximate surface area is 120 Å². The van der Waals surface area contributed by atoms with Crippen molar-refractivity contribution in [3.8, 4) is 0 Å². The first-order valence-corrected chi connectivity index (χ1v) is 7.30. The van der Waals surface area contributed by atoms with Crippen LogP contribution in [-0.2, 0) is 6.54 Å². The molecule has 1 fully saturated rings. The van der Waals surface area contributed by atoms with Gasteiger partial charge in [-0.3, -0.25) is 4.90 Å². The van der Waals surface area contributed by atoms with Crippen molar-refractivity contribution < 1.29 is 4.42 Å². The molecule has 0 aliphatic carbocycles. The summed E-state index contributed by atoms with van der Waals surface area (Å²) in [5, 5.41) is 0. The quantitative estimate of drug-likeness (QED) is 0.854. The number of rotatable bonds is 3. The van der Waals surface area contributed by atoms with Gasteiger partial charge in [0.05, 0.1) is 12.8 Å². The van der Waals surface area contributed by atoms with Crippen LogP contribution >= 0.6 is 0 Å². The lowest BCUT2D eigenvalue weighted by molar-refractivity contribution is 0.230. The summed E-state index contributed by atoms with van der Waals surface area (Å²) in [4.78, 5) is 4.96. The van der Waals surface area contributed by atoms with Crippen LogP contribution in [-0.4, -0.2) is 31.1 Å². The molecule has 1 aliphatic rings. The van der Waals surface area contributed by atoms with E-state index in [1.807, 2.05) is 6.07 Å². The lowest BCUT2D eigenvalue weighted by Crippen LogP contribution is -2.46. The molecule has 0 bridgehead atoms. The number of nitrogens with zero attached hydrogens (tertiary/aromatic N) is 2. The number of hydrogen-bond acceptors (Lipinski definition) is 3. The molecule has 1 saturated heterocycles. The number of hydrogen-bond donors (Lipinski definition) is 0. The molecule has 0 radical (unpaired) electrons. The first kappa shape index (κ1) is 13.3. The van der Waals surface area contributed by atoms with Crippen LogP contribution in [0.5, 0.6) is 0 Å². The highest BCUT2D eigenvalue weighted by Gasteiger charge is 2.19. The summed E-state index contributed by atoms with van der Waals surface area (Å²) in [6, 6.07) is 10.6. The molecule has 0 spiro atoms. The van der Waals surface area contributed by atoms with Gasteiger partial charge in [0.1, 0.15) is 5.76 Å². The van der Waals surface area contributed by atoms with E-state index >= 15 is 0 Å². The first-order valence-electron chi connectivity index (χ1n) is 7.30. The molecular weight excluding hydrogens is 248 g/mol. The van der Waals surface area contributed by atoms with Crippen molar-refractivity contribution >= 4 is 5.69 Å². The zero-order chi connectivity index (χ0) is 13.9. The smallest absolute Gasteiger partial charge is 0.117 e. The minimum atomic E-state index is 0.924. The summed E-state index contributed by atoms with van der Waals surface area (Å²) in [7, 11) is 0. The van der Waals surface area contributed by atoms with Gasteiger partial charge in [-0.1, -0.05) is 12.1 Å². The van der Waals surface area contributed by atoms with Gasteiger partial charge in [-0.05, 0) is 43.2 Å². The molecule has 1 aliphatic heterocycles. The summed E-state index contributed by atoms with van der Waals surface area (Å²) in [6.45, 7) is 9.69. The third kappa shape index (κ3) is 2.73. The van der Waals surface area contributed by atoms with Crippen LogP contribution in [0.25, 0.3) is 0 Å². The highest BCUT2D eigenvalue weighted by Crippen LogP contribution is 2.24. The van der Waals surface area contributed by atoms with E-state index in [1.165, 1.54) is 16.8 Å². The van der Waals surface area contributed by atoms with Crippen LogP contribution in [0.2, 0.25) is 0 Å². The van der Waals surface area contributed by atoms with Gasteiger partial charge in [0.15, 0.2) is 0 Å². The SMILES string of the molecule is Cc1cccc(N2CCN(Cc3ccco3)CC2)c1C. The molecule has 3 rings (SSSR count). The van der Waals surface area contributed by atoms with Gasteiger partial charge < -0.3 is 9.32 Å². The second-order valence-electron chi connectivity index (χ2n) is 5.56. The molecule has 106 valence electrons. The second-order valence-corrected chi connectivity index (χ2v) is 5.56. The molecule has 1 aromatic heterocycles. The van der Waals surface area contributed by atoms with E-state index in [4.69, 9.17) is 4.42 Å². The van der Waals surface area contributed by atoms with Crippen molar-refractivity contribution in [2.75, 3.05) is 31.1 Å². The Hall–Kier alpha value is -1.74. The minimum absolute atomic E-state index is 0.924. The van der Waals surface area contributed by atoms with E-state index in [-0.39, 0.29) is 0 Å². The summed E-state index contributed by atoms with van der Waals surface area (Å²) in [6.07, 6.45) is 1.75. The first-order chi connectivity index (χ1) is 9.74. The lowest BCUT2D eigenvalue weighted by atomic mass is 10.1. The van der Waals surface area contributed by atoms with Gasteiger partial charge in [-0.2, -0.15) is 0 Å². The van der Waals surface area contributed by atoms with Crippen molar-refractivity contribution in [2.45, 2.75) is 20.4 Å². The molecule has 0 saturated carbocycles. The van der Waals surface area contributed by atoms with E-state index in [9.17, 15) is 0 Å². The van der Waals surface area contributed by atoms with Crippen LogP contribution in [0.3, 0.4) is 0 Å². The van der Waals surface area contributed by atoms with Crippen LogP contribution in [0, 0.1) is 13.8 Å². The monoisotopic (exact) mass is 270 g/mol. The number of aryl methyl sites for hydroxylation is 1. The van der Waals surface area contributed by atoms with Crippen LogP contribution < -0.4 is 4.90 Å². The highest BCUT2D eigenvalue weighted by atomic mass is 16.3. The molecule has 0 unspecified atom stereocenters. The van der Waals surface area contributed by atoms with Gasteiger partial charge in [-0.15, -0.1) is 0 Å². The van der Waals surface area contributed by atoms with Crippen LogP contribution in [0.1, 0.15) is 16.9 Å². The maximum atomic E-state index is 5.43. The Bertz CT molecular complexity index is 554. The number of piperazine rings is 1. The fourth-order valence-electron chi connectivity index (χ4n) is 2.85. The van der Waals surface area contributed by atoms with Gasteiger partial charge in [0.25, 0.3) is 0 Å². The van der Waals surface area contributed by atoms with Gasteiger partial charge >= 0.3 is 0 Å². The van der Waals surface area contributed by atoms with Crippen molar-refractivity contribution in [1.29, 1.82) is 0 Å². The Morgan fingerprint density at radius 3 is 2.50 bits per heavy atom. The Morgan fingerprint density at radius 2 is 1.80 bits per heavy atom. The molecule has 1 aromatic carbocycles. The molecular formula is C17H22N2O. The van der Waals surface area contributed by atoms with E-state index in [2.05, 4.69) is 47.9 Å². The fraction of sp³-hybridized carbons (Fsp3) is 0.412. The average molecular weight is 270 g/mol. The zero-order valence-corrected chi connectivity index (χ0v) is 12.3. The standard InChI is InChI=1S/C17H22N2O/c1-14-5-3-7-17(15(14)2)19-10-8-18(9-11-19)13-16-6-4-12-20-16/h3-7,12H,8-11,13H2,1-2H3. The van der Waals surface area contributed by atoms with E-state index < -0.39 is 0 Å². The molecule has 2 aromatic rings. The number of anilines is 1. The lowest BCUT2D eigenvalue weighted by Gasteiger charge is -2.36. The Balaban J connectivity index is 1.62. The van der Waals surface area contributed by atoms with Crippen molar-refractivity contribution in [2.24, 2.45) is 0 Å². The fourth-order valence-corrected chi connectivity index (χ4v) is 2.85. The summed E-state index contributed by atoms with van der Waals surface area (Å²) >= 11 is 0. The third-order valence-electron chi connectivity index (χ3n) is 4.25. The Morgan fingerprint density at radius 1 is 1.00 bits per heavy atom. The second kappa shape index (κ2) is 5.71. The predicted molar refractivity (Wildman–Crippen MR) is 82.1 cm³/mol. The van der Waals surface area contributed by atoms with E-state index in [1.54, 1.807) is 6.26 Å². The minimum Gasteiger partial charge on any atom is -0.468 e. The van der Waals surface area contributed by atoms with Gasteiger partial charge in [-0.25, -0.2) is 0 Å². The largest absolute Gasteiger partial charge is 0.468 e. The van der Waals surface area contributed by atoms with E-state index in [0.29, 0.717) is 0 Å². The highest BCUT2D eigenvalue weighted by molar-refractivity contribution is 5.56. The molecule has 3 nitrogen and oxygen atoms in total. The zero-order valence-electron chi connectivity index (χ0n) is 12.3. The van der Waals surface area contributed by atoms with Crippen LogP contribution in [0.15, 0.2) is 41.0 Å². The third-order valence-corrected chi connectivity index (χ3v) is 4.25. The van der Waals surface area contributed by atoms with Gasteiger partial charge in [0, 0.05) is 31.9 Å². The van der Waals surface area contributed by atoms with Crippen molar-refractivity contribution in [3.63, 3.8) is 0 Å². The molecule has 0 N–H and O–H groups in total. The average Bonchev–Trinajstić information content (AvgIpc) is 2.96. The maximum absolute atomic E-state index is 5.43. The molecule has 3 heteroatoms. The van der Waals surface area contributed by atoms with E-state index in [0.717, 1.165) is 38.5 Å². The molecule has 0 atom stereocenters. The van der Waals surface area contributed by atoms with Crippen molar-refractivity contribution in [1.82, 2.24) is 4.90 Å². The molecule has 0 amide bonds.